The summed E-state index contributed by atoms with van der Waals surface area (Å²) in [6, 6.07) is 0.0473. The van der Waals surface area contributed by atoms with Gasteiger partial charge in [0.15, 0.2) is 0 Å². The first-order valence-corrected chi connectivity index (χ1v) is 8.25. The van der Waals surface area contributed by atoms with Gasteiger partial charge in [-0.25, -0.2) is 0 Å². The molecule has 1 fully saturated rings. The molecule has 5 nitrogen and oxygen atoms in total. The van der Waals surface area contributed by atoms with E-state index in [1.165, 1.54) is 12.8 Å². The molecule has 0 spiro atoms. The molecule has 0 saturated carbocycles. The minimum absolute atomic E-state index is 0.145. The predicted molar refractivity (Wildman–Crippen MR) is 84.4 cm³/mol. The van der Waals surface area contributed by atoms with E-state index < -0.39 is 0 Å². The van der Waals surface area contributed by atoms with E-state index in [0.717, 1.165) is 32.5 Å². The first-order valence-electron chi connectivity index (χ1n) is 8.25. The van der Waals surface area contributed by atoms with Crippen LogP contribution in [-0.2, 0) is 14.3 Å². The van der Waals surface area contributed by atoms with Gasteiger partial charge >= 0.3 is 5.97 Å². The molecular formula is C16H32N2O3. The van der Waals surface area contributed by atoms with Crippen LogP contribution >= 0.6 is 0 Å². The summed E-state index contributed by atoms with van der Waals surface area (Å²) in [5.41, 5.74) is 0. The van der Waals surface area contributed by atoms with Crippen LogP contribution in [0.4, 0.5) is 0 Å². The van der Waals surface area contributed by atoms with Crippen molar-refractivity contribution in [2.45, 2.75) is 64.6 Å². The monoisotopic (exact) mass is 300 g/mol. The Labute approximate surface area is 129 Å². The molecule has 2 unspecified atom stereocenters. The van der Waals surface area contributed by atoms with Crippen molar-refractivity contribution in [3.8, 4) is 0 Å². The van der Waals surface area contributed by atoms with E-state index in [9.17, 15) is 4.79 Å². The van der Waals surface area contributed by atoms with E-state index in [2.05, 4.69) is 17.3 Å². The molecule has 0 aromatic carbocycles. The lowest BCUT2D eigenvalue weighted by Gasteiger charge is -2.28. The Bertz CT molecular complexity index is 291. The fourth-order valence-corrected chi connectivity index (χ4v) is 2.65. The number of rotatable bonds is 9. The van der Waals surface area contributed by atoms with Crippen LogP contribution in [0.2, 0.25) is 0 Å². The smallest absolute Gasteiger partial charge is 0.323 e. The Hall–Kier alpha value is -0.650. The van der Waals surface area contributed by atoms with Crippen LogP contribution in [0.3, 0.4) is 0 Å². The number of hydrogen-bond donors (Lipinski definition) is 1. The summed E-state index contributed by atoms with van der Waals surface area (Å²) in [6.07, 6.45) is 4.71. The Kier molecular flexibility index (Phi) is 8.88. The van der Waals surface area contributed by atoms with Gasteiger partial charge in [-0.3, -0.25) is 4.79 Å². The first kappa shape index (κ1) is 18.4. The van der Waals surface area contributed by atoms with E-state index in [4.69, 9.17) is 9.47 Å². The van der Waals surface area contributed by atoms with Crippen LogP contribution in [0.15, 0.2) is 0 Å². The van der Waals surface area contributed by atoms with E-state index in [0.29, 0.717) is 12.7 Å². The molecular weight excluding hydrogens is 268 g/mol. The van der Waals surface area contributed by atoms with Gasteiger partial charge in [-0.2, -0.15) is 0 Å². The molecule has 1 aliphatic rings. The molecule has 0 radical (unpaired) electrons. The van der Waals surface area contributed by atoms with Gasteiger partial charge in [-0.15, -0.1) is 0 Å². The first-order chi connectivity index (χ1) is 10.0. The Morgan fingerprint density at radius 2 is 2.19 bits per heavy atom. The molecule has 124 valence electrons. The van der Waals surface area contributed by atoms with Crippen LogP contribution in [0.1, 0.15) is 46.5 Å². The van der Waals surface area contributed by atoms with Gasteiger partial charge in [-0.05, 0) is 46.2 Å². The molecule has 0 aliphatic carbocycles. The maximum Gasteiger partial charge on any atom is 0.323 e. The van der Waals surface area contributed by atoms with E-state index in [1.54, 1.807) is 0 Å². The molecule has 0 bridgehead atoms. The number of hydrogen-bond acceptors (Lipinski definition) is 5. The van der Waals surface area contributed by atoms with Crippen molar-refractivity contribution < 1.29 is 14.3 Å². The summed E-state index contributed by atoms with van der Waals surface area (Å²) in [5.74, 6) is -0.145. The highest BCUT2D eigenvalue weighted by atomic mass is 16.5. The third kappa shape index (κ3) is 7.79. The minimum Gasteiger partial charge on any atom is -0.465 e. The van der Waals surface area contributed by atoms with E-state index in [-0.39, 0.29) is 18.1 Å². The van der Waals surface area contributed by atoms with Crippen LogP contribution in [-0.4, -0.2) is 62.4 Å². The summed E-state index contributed by atoms with van der Waals surface area (Å²) in [4.78, 5) is 14.2. The number of nitrogens with zero attached hydrogens (tertiary/aromatic N) is 1. The van der Waals surface area contributed by atoms with E-state index >= 15 is 0 Å². The second kappa shape index (κ2) is 10.1. The molecule has 1 aliphatic heterocycles. The molecule has 0 aromatic rings. The number of likely N-dealkylation sites (N-methyl/N-ethyl adjacent to an activating group) is 1. The van der Waals surface area contributed by atoms with Crippen molar-refractivity contribution in [2.24, 2.45) is 0 Å². The highest BCUT2D eigenvalue weighted by molar-refractivity contribution is 5.75. The SMILES string of the molecule is CCOC(=O)C(CCN(C)CC1CCCCO1)NC(C)C. The third-order valence-electron chi connectivity index (χ3n) is 3.69. The van der Waals surface area contributed by atoms with Crippen LogP contribution in [0.25, 0.3) is 0 Å². The molecule has 1 rings (SSSR count). The predicted octanol–water partition coefficient (Wildman–Crippen LogP) is 1.81. The fraction of sp³-hybridized carbons (Fsp3) is 0.938. The average molecular weight is 300 g/mol. The van der Waals surface area contributed by atoms with Crippen LogP contribution in [0, 0.1) is 0 Å². The van der Waals surface area contributed by atoms with Crippen molar-refractivity contribution in [3.05, 3.63) is 0 Å². The van der Waals surface area contributed by atoms with Gasteiger partial charge in [0.05, 0.1) is 12.7 Å². The molecule has 5 heteroatoms. The van der Waals surface area contributed by atoms with Crippen molar-refractivity contribution >= 4 is 5.97 Å². The number of carbonyl (C=O) groups excluding carboxylic acids is 1. The lowest BCUT2D eigenvalue weighted by molar-refractivity contribution is -0.146. The van der Waals surface area contributed by atoms with Gasteiger partial charge < -0.3 is 19.7 Å². The molecule has 0 aromatic heterocycles. The van der Waals surface area contributed by atoms with Crippen molar-refractivity contribution in [3.63, 3.8) is 0 Å². The third-order valence-corrected chi connectivity index (χ3v) is 3.69. The summed E-state index contributed by atoms with van der Waals surface area (Å²) < 4.78 is 10.9. The topological polar surface area (TPSA) is 50.8 Å². The minimum atomic E-state index is -0.223. The lowest BCUT2D eigenvalue weighted by atomic mass is 10.1. The molecule has 1 heterocycles. The van der Waals surface area contributed by atoms with Crippen molar-refractivity contribution in [1.29, 1.82) is 0 Å². The van der Waals surface area contributed by atoms with Gasteiger partial charge in [0, 0.05) is 19.2 Å². The quantitative estimate of drug-likeness (QED) is 0.658. The Balaban J connectivity index is 2.34. The summed E-state index contributed by atoms with van der Waals surface area (Å²) in [5, 5.41) is 3.29. The van der Waals surface area contributed by atoms with Gasteiger partial charge in [-0.1, -0.05) is 13.8 Å². The molecule has 1 saturated heterocycles. The molecule has 21 heavy (non-hydrogen) atoms. The van der Waals surface area contributed by atoms with Gasteiger partial charge in [0.2, 0.25) is 0 Å². The number of ether oxygens (including phenoxy) is 2. The van der Waals surface area contributed by atoms with Crippen LogP contribution < -0.4 is 5.32 Å². The zero-order chi connectivity index (χ0) is 15.7. The lowest BCUT2D eigenvalue weighted by Crippen LogP contribution is -2.44. The van der Waals surface area contributed by atoms with Crippen molar-refractivity contribution in [2.75, 3.05) is 33.4 Å². The zero-order valence-electron chi connectivity index (χ0n) is 14.1. The second-order valence-corrected chi connectivity index (χ2v) is 6.17. The van der Waals surface area contributed by atoms with Gasteiger partial charge in [0.25, 0.3) is 0 Å². The van der Waals surface area contributed by atoms with Crippen molar-refractivity contribution in [1.82, 2.24) is 10.2 Å². The van der Waals surface area contributed by atoms with Crippen LogP contribution in [0.5, 0.6) is 0 Å². The highest BCUT2D eigenvalue weighted by Crippen LogP contribution is 2.13. The number of nitrogens with one attached hydrogen (secondary N) is 1. The molecule has 0 amide bonds. The normalized spacial score (nSPS) is 20.8. The molecule has 2 atom stereocenters. The highest BCUT2D eigenvalue weighted by Gasteiger charge is 2.22. The summed E-state index contributed by atoms with van der Waals surface area (Å²) in [7, 11) is 2.09. The number of esters is 1. The Morgan fingerprint density at radius 1 is 1.43 bits per heavy atom. The number of carbonyl (C=O) groups is 1. The summed E-state index contributed by atoms with van der Waals surface area (Å²) in [6.45, 7) is 9.06. The largest absolute Gasteiger partial charge is 0.465 e. The zero-order valence-corrected chi connectivity index (χ0v) is 14.1. The van der Waals surface area contributed by atoms with E-state index in [1.807, 2.05) is 20.8 Å². The fourth-order valence-electron chi connectivity index (χ4n) is 2.65. The average Bonchev–Trinajstić information content (AvgIpc) is 2.44. The van der Waals surface area contributed by atoms with Gasteiger partial charge in [0.1, 0.15) is 6.04 Å². The summed E-state index contributed by atoms with van der Waals surface area (Å²) >= 11 is 0. The Morgan fingerprint density at radius 3 is 2.76 bits per heavy atom. The maximum absolute atomic E-state index is 12.0. The second-order valence-electron chi connectivity index (χ2n) is 6.17. The standard InChI is InChI=1S/C16H32N2O3/c1-5-20-16(19)15(17-13(2)3)9-10-18(4)12-14-8-6-7-11-21-14/h13-15,17H,5-12H2,1-4H3. The maximum atomic E-state index is 12.0. The molecule has 1 N–H and O–H groups in total.